The number of rotatable bonds is 4. The molecule has 1 unspecified atom stereocenters. The molecule has 0 aliphatic carbocycles. The number of nitrogens with one attached hydrogen (secondary N) is 1. The Hall–Kier alpha value is -3.03. The van der Waals surface area contributed by atoms with E-state index in [4.69, 9.17) is 4.74 Å². The number of para-hydroxylation sites is 1. The molecule has 1 fully saturated rings. The number of hydrogen-bond donors (Lipinski definition) is 1. The van der Waals surface area contributed by atoms with E-state index in [9.17, 15) is 22.8 Å². The summed E-state index contributed by atoms with van der Waals surface area (Å²) in [7, 11) is 0. The zero-order valence-corrected chi connectivity index (χ0v) is 14.2. The van der Waals surface area contributed by atoms with Crippen LogP contribution in [0.4, 0.5) is 18.9 Å². The second-order valence-electron chi connectivity index (χ2n) is 6.08. The van der Waals surface area contributed by atoms with Gasteiger partial charge in [0.2, 0.25) is 5.91 Å². The molecule has 0 spiro atoms. The summed E-state index contributed by atoms with van der Waals surface area (Å²) in [5.41, 5.74) is 0.409. The first kappa shape index (κ1) is 18.8. The van der Waals surface area contributed by atoms with Crippen LogP contribution >= 0.6 is 0 Å². The first-order valence-corrected chi connectivity index (χ1v) is 8.36. The molecule has 27 heavy (non-hydrogen) atoms. The SMILES string of the molecule is O=C(Nc1ccc(Oc2ccccc2)cc1)C1CCCN1C(=O)C(F)(F)F. The van der Waals surface area contributed by atoms with Crippen LogP contribution in [0.25, 0.3) is 0 Å². The molecule has 1 aliphatic heterocycles. The molecule has 1 N–H and O–H groups in total. The Labute approximate surface area is 153 Å². The summed E-state index contributed by atoms with van der Waals surface area (Å²) in [6.07, 6.45) is -4.44. The van der Waals surface area contributed by atoms with Gasteiger partial charge in [-0.25, -0.2) is 0 Å². The predicted octanol–water partition coefficient (Wildman–Crippen LogP) is 3.97. The number of carbonyl (C=O) groups excluding carboxylic acids is 2. The van der Waals surface area contributed by atoms with E-state index in [2.05, 4.69) is 5.32 Å². The lowest BCUT2D eigenvalue weighted by Gasteiger charge is -2.24. The van der Waals surface area contributed by atoms with Crippen LogP contribution in [0.5, 0.6) is 11.5 Å². The molecule has 1 aliphatic rings. The summed E-state index contributed by atoms with van der Waals surface area (Å²) < 4.78 is 43.6. The van der Waals surface area contributed by atoms with Gasteiger partial charge in [-0.05, 0) is 49.2 Å². The van der Waals surface area contributed by atoms with Gasteiger partial charge in [0.1, 0.15) is 17.5 Å². The lowest BCUT2D eigenvalue weighted by molar-refractivity contribution is -0.186. The third kappa shape index (κ3) is 4.58. The Morgan fingerprint density at radius 3 is 2.26 bits per heavy atom. The lowest BCUT2D eigenvalue weighted by atomic mass is 10.2. The molecule has 1 atom stereocenters. The summed E-state index contributed by atoms with van der Waals surface area (Å²) in [6.45, 7) is -0.0831. The maximum Gasteiger partial charge on any atom is 0.471 e. The average molecular weight is 378 g/mol. The topological polar surface area (TPSA) is 58.6 Å². The van der Waals surface area contributed by atoms with Crippen LogP contribution in [0.3, 0.4) is 0 Å². The van der Waals surface area contributed by atoms with E-state index in [-0.39, 0.29) is 13.0 Å². The minimum atomic E-state index is -4.99. The summed E-state index contributed by atoms with van der Waals surface area (Å²) >= 11 is 0. The van der Waals surface area contributed by atoms with Crippen molar-refractivity contribution < 1.29 is 27.5 Å². The minimum absolute atomic E-state index is 0.0831. The van der Waals surface area contributed by atoms with Gasteiger partial charge in [-0.3, -0.25) is 9.59 Å². The Kier molecular flexibility index (Phi) is 5.34. The summed E-state index contributed by atoms with van der Waals surface area (Å²) in [5, 5.41) is 2.56. The number of hydrogen-bond acceptors (Lipinski definition) is 3. The maximum absolute atomic E-state index is 12.7. The van der Waals surface area contributed by atoms with Crippen molar-refractivity contribution in [3.05, 3.63) is 54.6 Å². The fraction of sp³-hybridized carbons (Fsp3) is 0.263. The van der Waals surface area contributed by atoms with E-state index in [1.165, 1.54) is 0 Å². The van der Waals surface area contributed by atoms with Crippen molar-refractivity contribution in [2.75, 3.05) is 11.9 Å². The van der Waals surface area contributed by atoms with E-state index in [1.54, 1.807) is 36.4 Å². The lowest BCUT2D eigenvalue weighted by Crippen LogP contribution is -2.48. The van der Waals surface area contributed by atoms with Gasteiger partial charge in [0.15, 0.2) is 0 Å². The molecule has 0 bridgehead atoms. The van der Waals surface area contributed by atoms with E-state index >= 15 is 0 Å². The molecule has 0 aromatic heterocycles. The third-order valence-electron chi connectivity index (χ3n) is 4.16. The van der Waals surface area contributed by atoms with Crippen LogP contribution in [0, 0.1) is 0 Å². The van der Waals surface area contributed by atoms with Crippen LogP contribution < -0.4 is 10.1 Å². The van der Waals surface area contributed by atoms with Crippen molar-refractivity contribution in [3.8, 4) is 11.5 Å². The number of likely N-dealkylation sites (tertiary alicyclic amines) is 1. The molecule has 1 saturated heterocycles. The van der Waals surface area contributed by atoms with E-state index in [0.29, 0.717) is 28.5 Å². The molecule has 3 rings (SSSR count). The van der Waals surface area contributed by atoms with Gasteiger partial charge in [-0.1, -0.05) is 18.2 Å². The molecule has 2 aromatic carbocycles. The number of amides is 2. The monoisotopic (exact) mass is 378 g/mol. The quantitative estimate of drug-likeness (QED) is 0.876. The first-order chi connectivity index (χ1) is 12.8. The minimum Gasteiger partial charge on any atom is -0.457 e. The van der Waals surface area contributed by atoms with Gasteiger partial charge < -0.3 is 15.0 Å². The van der Waals surface area contributed by atoms with Gasteiger partial charge >= 0.3 is 12.1 Å². The van der Waals surface area contributed by atoms with Crippen LogP contribution in [-0.4, -0.2) is 35.5 Å². The maximum atomic E-state index is 12.7. The first-order valence-electron chi connectivity index (χ1n) is 8.36. The van der Waals surface area contributed by atoms with Gasteiger partial charge in [0, 0.05) is 12.2 Å². The average Bonchev–Trinajstić information content (AvgIpc) is 3.12. The molecule has 1 heterocycles. The van der Waals surface area contributed by atoms with Crippen molar-refractivity contribution in [3.63, 3.8) is 0 Å². The standard InChI is InChI=1S/C19H17F3N2O3/c20-19(21,22)18(26)24-12-4-7-16(24)17(25)23-13-8-10-15(11-9-13)27-14-5-2-1-3-6-14/h1-3,5-6,8-11,16H,4,7,12H2,(H,23,25). The number of nitrogens with zero attached hydrogens (tertiary/aromatic N) is 1. The summed E-state index contributed by atoms with van der Waals surface area (Å²) in [4.78, 5) is 24.4. The fourth-order valence-electron chi connectivity index (χ4n) is 2.90. The molecule has 0 radical (unpaired) electrons. The molecular weight excluding hydrogens is 361 g/mol. The number of carbonyl (C=O) groups is 2. The van der Waals surface area contributed by atoms with Crippen LogP contribution in [-0.2, 0) is 9.59 Å². The number of alkyl halides is 3. The van der Waals surface area contributed by atoms with E-state index in [0.717, 1.165) is 0 Å². The Morgan fingerprint density at radius 1 is 1.00 bits per heavy atom. The molecule has 0 saturated carbocycles. The number of halogens is 3. The predicted molar refractivity (Wildman–Crippen MR) is 92.4 cm³/mol. The van der Waals surface area contributed by atoms with Crippen molar-refractivity contribution in [2.24, 2.45) is 0 Å². The zero-order valence-electron chi connectivity index (χ0n) is 14.2. The Bertz CT molecular complexity index is 807. The molecule has 5 nitrogen and oxygen atoms in total. The summed E-state index contributed by atoms with van der Waals surface area (Å²) in [5.74, 6) is -1.41. The molecule has 8 heteroatoms. The van der Waals surface area contributed by atoms with Crippen molar-refractivity contribution in [2.45, 2.75) is 25.1 Å². The normalized spacial score (nSPS) is 16.9. The highest BCUT2D eigenvalue weighted by molar-refractivity contribution is 5.98. The van der Waals surface area contributed by atoms with Gasteiger partial charge in [-0.2, -0.15) is 13.2 Å². The Balaban J connectivity index is 1.63. The van der Waals surface area contributed by atoms with Gasteiger partial charge in [0.05, 0.1) is 0 Å². The fourth-order valence-corrected chi connectivity index (χ4v) is 2.90. The third-order valence-corrected chi connectivity index (χ3v) is 4.16. The number of anilines is 1. The Morgan fingerprint density at radius 2 is 1.63 bits per heavy atom. The van der Waals surface area contributed by atoms with Crippen LogP contribution in [0.2, 0.25) is 0 Å². The zero-order chi connectivity index (χ0) is 19.4. The highest BCUT2D eigenvalue weighted by Gasteiger charge is 2.47. The van der Waals surface area contributed by atoms with Crippen molar-refractivity contribution >= 4 is 17.5 Å². The highest BCUT2D eigenvalue weighted by Crippen LogP contribution is 2.27. The number of benzene rings is 2. The number of ether oxygens (including phenoxy) is 1. The van der Waals surface area contributed by atoms with E-state index < -0.39 is 24.0 Å². The van der Waals surface area contributed by atoms with Crippen molar-refractivity contribution in [1.29, 1.82) is 0 Å². The second kappa shape index (κ2) is 7.69. The van der Waals surface area contributed by atoms with E-state index in [1.807, 2.05) is 18.2 Å². The van der Waals surface area contributed by atoms with Crippen LogP contribution in [0.1, 0.15) is 12.8 Å². The largest absolute Gasteiger partial charge is 0.471 e. The molecule has 2 aromatic rings. The molecular formula is C19H17F3N2O3. The summed E-state index contributed by atoms with van der Waals surface area (Å²) in [6, 6.07) is 14.4. The highest BCUT2D eigenvalue weighted by atomic mass is 19.4. The van der Waals surface area contributed by atoms with Gasteiger partial charge in [0.25, 0.3) is 0 Å². The van der Waals surface area contributed by atoms with Crippen LogP contribution in [0.15, 0.2) is 54.6 Å². The smallest absolute Gasteiger partial charge is 0.457 e. The second-order valence-corrected chi connectivity index (χ2v) is 6.08. The van der Waals surface area contributed by atoms with Gasteiger partial charge in [-0.15, -0.1) is 0 Å². The van der Waals surface area contributed by atoms with Crippen molar-refractivity contribution in [1.82, 2.24) is 4.90 Å². The molecule has 142 valence electrons. The molecule has 2 amide bonds.